The molecular formula is C19H19N3O2. The summed E-state index contributed by atoms with van der Waals surface area (Å²) in [6.07, 6.45) is 2.72. The van der Waals surface area contributed by atoms with Gasteiger partial charge in [0.15, 0.2) is 0 Å². The smallest absolute Gasteiger partial charge is 0.241 e. The summed E-state index contributed by atoms with van der Waals surface area (Å²) in [4.78, 5) is 12.2. The SMILES string of the molecule is O=C(Cn1ncc2ccccc21)NC[C@@H]1COc2ccccc2C1. The minimum atomic E-state index is -0.0253. The fourth-order valence-corrected chi connectivity index (χ4v) is 3.12. The van der Waals surface area contributed by atoms with Crippen LogP contribution in [0.4, 0.5) is 0 Å². The molecular weight excluding hydrogens is 302 g/mol. The van der Waals surface area contributed by atoms with Crippen molar-refractivity contribution < 1.29 is 9.53 Å². The molecule has 0 saturated carbocycles. The van der Waals surface area contributed by atoms with Crippen LogP contribution in [0.5, 0.6) is 5.75 Å². The standard InChI is InChI=1S/C19H19N3O2/c23-19(12-22-17-7-3-1-6-16(17)11-21-22)20-10-14-9-15-5-2-4-8-18(15)24-13-14/h1-8,11,14H,9-10,12-13H2,(H,20,23)/t14-/m1/s1. The number of benzene rings is 2. The zero-order chi connectivity index (χ0) is 16.4. The maximum Gasteiger partial charge on any atom is 0.241 e. The number of hydrogen-bond donors (Lipinski definition) is 1. The maximum atomic E-state index is 12.2. The number of amides is 1. The fourth-order valence-electron chi connectivity index (χ4n) is 3.12. The van der Waals surface area contributed by atoms with Gasteiger partial charge in [0.25, 0.3) is 0 Å². The highest BCUT2D eigenvalue weighted by molar-refractivity contribution is 5.81. The number of nitrogens with one attached hydrogen (secondary N) is 1. The van der Waals surface area contributed by atoms with Crippen molar-refractivity contribution in [1.29, 1.82) is 0 Å². The van der Waals surface area contributed by atoms with Crippen molar-refractivity contribution in [2.24, 2.45) is 5.92 Å². The van der Waals surface area contributed by atoms with Crippen molar-refractivity contribution in [3.05, 3.63) is 60.3 Å². The van der Waals surface area contributed by atoms with Gasteiger partial charge in [-0.1, -0.05) is 36.4 Å². The minimum Gasteiger partial charge on any atom is -0.493 e. The highest BCUT2D eigenvalue weighted by Gasteiger charge is 2.20. The van der Waals surface area contributed by atoms with Crippen LogP contribution in [-0.4, -0.2) is 28.8 Å². The van der Waals surface area contributed by atoms with Crippen molar-refractivity contribution in [3.8, 4) is 5.75 Å². The third kappa shape index (κ3) is 2.97. The Bertz CT molecular complexity index is 872. The molecule has 1 aromatic heterocycles. The third-order valence-corrected chi connectivity index (χ3v) is 4.39. The zero-order valence-electron chi connectivity index (χ0n) is 13.3. The van der Waals surface area contributed by atoms with E-state index in [4.69, 9.17) is 4.74 Å². The zero-order valence-corrected chi connectivity index (χ0v) is 13.3. The molecule has 4 rings (SSSR count). The molecule has 0 bridgehead atoms. The van der Waals surface area contributed by atoms with E-state index in [1.165, 1.54) is 5.56 Å². The number of hydrogen-bond acceptors (Lipinski definition) is 3. The van der Waals surface area contributed by atoms with Gasteiger partial charge < -0.3 is 10.1 Å². The van der Waals surface area contributed by atoms with Crippen molar-refractivity contribution in [3.63, 3.8) is 0 Å². The number of para-hydroxylation sites is 2. The van der Waals surface area contributed by atoms with Gasteiger partial charge in [-0.25, -0.2) is 0 Å². The molecule has 1 aliphatic rings. The average molecular weight is 321 g/mol. The van der Waals surface area contributed by atoms with Crippen LogP contribution in [0.3, 0.4) is 0 Å². The summed E-state index contributed by atoms with van der Waals surface area (Å²) >= 11 is 0. The summed E-state index contributed by atoms with van der Waals surface area (Å²) in [5.74, 6) is 1.24. The number of ether oxygens (including phenoxy) is 1. The molecule has 1 aliphatic heterocycles. The number of carbonyl (C=O) groups is 1. The Morgan fingerprint density at radius 1 is 1.21 bits per heavy atom. The minimum absolute atomic E-state index is 0.0253. The maximum absolute atomic E-state index is 12.2. The second-order valence-electron chi connectivity index (χ2n) is 6.15. The monoisotopic (exact) mass is 321 g/mol. The van der Waals surface area contributed by atoms with Gasteiger partial charge in [0, 0.05) is 17.8 Å². The van der Waals surface area contributed by atoms with Crippen LogP contribution in [0.2, 0.25) is 0 Å². The lowest BCUT2D eigenvalue weighted by molar-refractivity contribution is -0.122. The van der Waals surface area contributed by atoms with Gasteiger partial charge in [-0.3, -0.25) is 9.48 Å². The Labute approximate surface area is 140 Å². The molecule has 0 spiro atoms. The van der Waals surface area contributed by atoms with Gasteiger partial charge in [-0.15, -0.1) is 0 Å². The average Bonchev–Trinajstić information content (AvgIpc) is 3.03. The van der Waals surface area contributed by atoms with E-state index in [0.717, 1.165) is 23.1 Å². The lowest BCUT2D eigenvalue weighted by atomic mass is 9.97. The molecule has 2 heterocycles. The highest BCUT2D eigenvalue weighted by atomic mass is 16.5. The van der Waals surface area contributed by atoms with Crippen molar-refractivity contribution >= 4 is 16.8 Å². The molecule has 0 radical (unpaired) electrons. The summed E-state index contributed by atoms with van der Waals surface area (Å²) in [6.45, 7) is 1.49. The van der Waals surface area contributed by atoms with Gasteiger partial charge in [-0.2, -0.15) is 5.10 Å². The van der Waals surface area contributed by atoms with E-state index in [1.54, 1.807) is 10.9 Å². The van der Waals surface area contributed by atoms with Crippen LogP contribution in [-0.2, 0) is 17.8 Å². The number of aromatic nitrogens is 2. The summed E-state index contributed by atoms with van der Waals surface area (Å²) in [6, 6.07) is 16.0. The van der Waals surface area contributed by atoms with E-state index in [-0.39, 0.29) is 12.5 Å². The van der Waals surface area contributed by atoms with E-state index in [2.05, 4.69) is 16.5 Å². The molecule has 2 aromatic carbocycles. The van der Waals surface area contributed by atoms with Crippen LogP contribution < -0.4 is 10.1 Å². The molecule has 5 nitrogen and oxygen atoms in total. The van der Waals surface area contributed by atoms with E-state index < -0.39 is 0 Å². The predicted molar refractivity (Wildman–Crippen MR) is 91.9 cm³/mol. The van der Waals surface area contributed by atoms with E-state index in [0.29, 0.717) is 19.1 Å². The second-order valence-corrected chi connectivity index (χ2v) is 6.15. The Morgan fingerprint density at radius 3 is 3.00 bits per heavy atom. The van der Waals surface area contributed by atoms with Gasteiger partial charge in [0.05, 0.1) is 18.3 Å². The molecule has 0 aliphatic carbocycles. The largest absolute Gasteiger partial charge is 0.493 e. The Morgan fingerprint density at radius 2 is 2.04 bits per heavy atom. The molecule has 0 unspecified atom stereocenters. The Hall–Kier alpha value is -2.82. The molecule has 1 amide bonds. The number of nitrogens with zero attached hydrogens (tertiary/aromatic N) is 2. The molecule has 1 atom stereocenters. The number of rotatable bonds is 4. The quantitative estimate of drug-likeness (QED) is 0.803. The summed E-state index contributed by atoms with van der Waals surface area (Å²) < 4.78 is 7.50. The summed E-state index contributed by atoms with van der Waals surface area (Å²) in [7, 11) is 0. The van der Waals surface area contributed by atoms with E-state index >= 15 is 0 Å². The van der Waals surface area contributed by atoms with Gasteiger partial charge in [0.2, 0.25) is 5.91 Å². The third-order valence-electron chi connectivity index (χ3n) is 4.39. The van der Waals surface area contributed by atoms with Gasteiger partial charge in [0.1, 0.15) is 12.3 Å². The predicted octanol–water partition coefficient (Wildman–Crippen LogP) is 2.40. The highest BCUT2D eigenvalue weighted by Crippen LogP contribution is 2.26. The first-order valence-electron chi connectivity index (χ1n) is 8.17. The van der Waals surface area contributed by atoms with Crippen LogP contribution in [0.15, 0.2) is 54.7 Å². The van der Waals surface area contributed by atoms with Crippen LogP contribution >= 0.6 is 0 Å². The second kappa shape index (κ2) is 6.35. The Kier molecular flexibility index (Phi) is 3.91. The number of fused-ring (bicyclic) bond motifs is 2. The van der Waals surface area contributed by atoms with Crippen molar-refractivity contribution in [1.82, 2.24) is 15.1 Å². The van der Waals surface area contributed by atoms with E-state index in [1.807, 2.05) is 42.5 Å². The molecule has 5 heteroatoms. The van der Waals surface area contributed by atoms with Gasteiger partial charge >= 0.3 is 0 Å². The van der Waals surface area contributed by atoms with Crippen LogP contribution in [0.1, 0.15) is 5.56 Å². The summed E-state index contributed by atoms with van der Waals surface area (Å²) in [5, 5.41) is 8.34. The van der Waals surface area contributed by atoms with Crippen molar-refractivity contribution in [2.45, 2.75) is 13.0 Å². The Balaban J connectivity index is 1.34. The molecule has 1 N–H and O–H groups in total. The number of carbonyl (C=O) groups excluding carboxylic acids is 1. The first-order valence-corrected chi connectivity index (χ1v) is 8.17. The topological polar surface area (TPSA) is 56.2 Å². The lowest BCUT2D eigenvalue weighted by Crippen LogP contribution is -2.36. The van der Waals surface area contributed by atoms with Crippen LogP contribution in [0.25, 0.3) is 10.9 Å². The van der Waals surface area contributed by atoms with Gasteiger partial charge in [-0.05, 0) is 24.1 Å². The summed E-state index contributed by atoms with van der Waals surface area (Å²) in [5.41, 5.74) is 2.18. The van der Waals surface area contributed by atoms with E-state index in [9.17, 15) is 4.79 Å². The first kappa shape index (κ1) is 14.8. The molecule has 0 fully saturated rings. The normalized spacial score (nSPS) is 16.4. The van der Waals surface area contributed by atoms with Crippen molar-refractivity contribution in [2.75, 3.05) is 13.2 Å². The molecule has 3 aromatic rings. The molecule has 24 heavy (non-hydrogen) atoms. The van der Waals surface area contributed by atoms with Crippen LogP contribution in [0, 0.1) is 5.92 Å². The fraction of sp³-hybridized carbons (Fsp3) is 0.263. The first-order chi connectivity index (χ1) is 11.8. The lowest BCUT2D eigenvalue weighted by Gasteiger charge is -2.25. The molecule has 122 valence electrons. The molecule has 0 saturated heterocycles.